The lowest BCUT2D eigenvalue weighted by atomic mass is 10.1. The molecule has 0 unspecified atom stereocenters. The van der Waals surface area contributed by atoms with Crippen molar-refractivity contribution in [1.82, 2.24) is 0 Å². The molecule has 36 heavy (non-hydrogen) atoms. The topological polar surface area (TPSA) is 35.5 Å². The molecule has 0 bridgehead atoms. The van der Waals surface area contributed by atoms with Crippen molar-refractivity contribution in [2.24, 2.45) is 0 Å². The molecule has 0 fully saturated rings. The van der Waals surface area contributed by atoms with E-state index in [9.17, 15) is 4.57 Å². The fourth-order valence-electron chi connectivity index (χ4n) is 4.71. The first-order valence-corrected chi connectivity index (χ1v) is 19.0. The Kier molecular flexibility index (Phi) is 30.7. The van der Waals surface area contributed by atoms with E-state index in [0.29, 0.717) is 19.4 Å². The molecule has 0 saturated carbocycles. The average Bonchev–Trinajstić information content (AvgIpc) is 2.88. The Morgan fingerprint density at radius 1 is 0.444 bits per heavy atom. The Labute approximate surface area is 235 Å². The maximum atomic E-state index is 13.1. The summed E-state index contributed by atoms with van der Waals surface area (Å²) in [5.41, 5.74) is 0. The van der Waals surface area contributed by atoms with Gasteiger partial charge in [0.2, 0.25) is 0 Å². The van der Waals surface area contributed by atoms with E-state index in [1.807, 2.05) is 0 Å². The lowest BCUT2D eigenvalue weighted by Crippen LogP contribution is -2.04. The first kappa shape index (κ1) is 36.6. The van der Waals surface area contributed by atoms with Gasteiger partial charge in [0.05, 0.1) is 19.4 Å². The van der Waals surface area contributed by atoms with Crippen LogP contribution in [0.1, 0.15) is 174 Å². The Bertz CT molecular complexity index is 427. The van der Waals surface area contributed by atoms with Crippen LogP contribution >= 0.6 is 23.5 Å². The number of halogens is 1. The maximum Gasteiger partial charge on any atom is 0.330 e. The molecule has 0 atom stereocenters. The van der Waals surface area contributed by atoms with Gasteiger partial charge < -0.3 is 9.05 Å². The third kappa shape index (κ3) is 27.7. The molecule has 0 heterocycles. The van der Waals surface area contributed by atoms with Crippen LogP contribution in [0.5, 0.6) is 0 Å². The molecular weight excluding hydrogens is 531 g/mol. The largest absolute Gasteiger partial charge is 0.330 e. The quantitative estimate of drug-likeness (QED) is 0.0454. The molecule has 0 amide bonds. The van der Waals surface area contributed by atoms with Crippen LogP contribution in [0, 0.1) is 0 Å². The highest BCUT2D eigenvalue weighted by Crippen LogP contribution is 2.49. The lowest BCUT2D eigenvalue weighted by molar-refractivity contribution is 0.197. The fraction of sp³-hybridized carbons (Fsp3) is 1.00. The normalized spacial score (nSPS) is 12.0. The highest BCUT2D eigenvalue weighted by Gasteiger charge is 2.23. The summed E-state index contributed by atoms with van der Waals surface area (Å²) in [5, 5.41) is 0.848. The van der Waals surface area contributed by atoms with Gasteiger partial charge in [0.25, 0.3) is 0 Å². The van der Waals surface area contributed by atoms with Gasteiger partial charge in [-0.1, -0.05) is 171 Å². The van der Waals surface area contributed by atoms with Crippen molar-refractivity contribution in [3.05, 3.63) is 0 Å². The first-order chi connectivity index (χ1) is 17.7. The standard InChI is InChI=1S/C31H64BrO3P/c1-3-5-7-9-11-13-15-17-19-21-23-25-29-34-36(33,31-27-28-32)35-30-26-24-22-20-18-16-14-12-10-8-6-4-2/h3-31H2,1-2H3. The number of unbranched alkanes of at least 4 members (excludes halogenated alkanes) is 22. The van der Waals surface area contributed by atoms with Crippen molar-refractivity contribution < 1.29 is 13.6 Å². The SMILES string of the molecule is CCCCCCCCCCCCCCOP(=O)(CCCBr)OCCCCCCCCCCCCCC. The van der Waals surface area contributed by atoms with Crippen molar-refractivity contribution in [3.63, 3.8) is 0 Å². The summed E-state index contributed by atoms with van der Waals surface area (Å²) >= 11 is 3.46. The van der Waals surface area contributed by atoms with Crippen molar-refractivity contribution in [3.8, 4) is 0 Å². The van der Waals surface area contributed by atoms with E-state index in [1.54, 1.807) is 0 Å². The van der Waals surface area contributed by atoms with Crippen molar-refractivity contribution >= 4 is 23.5 Å². The minimum atomic E-state index is -2.93. The summed E-state index contributed by atoms with van der Waals surface area (Å²) in [7, 11) is -2.93. The van der Waals surface area contributed by atoms with E-state index in [0.717, 1.165) is 24.6 Å². The molecule has 0 aliphatic heterocycles. The van der Waals surface area contributed by atoms with Gasteiger partial charge in [-0.2, -0.15) is 0 Å². The average molecular weight is 596 g/mol. The zero-order valence-corrected chi connectivity index (χ0v) is 27.0. The van der Waals surface area contributed by atoms with E-state index in [1.165, 1.54) is 141 Å². The second-order valence-corrected chi connectivity index (χ2v) is 13.8. The predicted molar refractivity (Wildman–Crippen MR) is 165 cm³/mol. The molecule has 0 aliphatic rings. The Balaban J connectivity index is 3.65. The van der Waals surface area contributed by atoms with Crippen LogP contribution in [0.3, 0.4) is 0 Å². The van der Waals surface area contributed by atoms with Gasteiger partial charge in [0.15, 0.2) is 0 Å². The van der Waals surface area contributed by atoms with E-state index >= 15 is 0 Å². The lowest BCUT2D eigenvalue weighted by Gasteiger charge is -2.18. The first-order valence-electron chi connectivity index (χ1n) is 16.1. The summed E-state index contributed by atoms with van der Waals surface area (Å²) in [4.78, 5) is 0. The zero-order valence-electron chi connectivity index (χ0n) is 24.6. The van der Waals surface area contributed by atoms with Gasteiger partial charge in [-0.25, -0.2) is 0 Å². The summed E-state index contributed by atoms with van der Waals surface area (Å²) in [6, 6.07) is 0. The molecule has 0 radical (unpaired) electrons. The van der Waals surface area contributed by atoms with Gasteiger partial charge in [-0.3, -0.25) is 4.57 Å². The maximum absolute atomic E-state index is 13.1. The Hall–Kier alpha value is 0.630. The van der Waals surface area contributed by atoms with Gasteiger partial charge in [-0.05, 0) is 19.3 Å². The number of alkyl halides is 1. The van der Waals surface area contributed by atoms with E-state index < -0.39 is 7.60 Å². The van der Waals surface area contributed by atoms with E-state index in [2.05, 4.69) is 29.8 Å². The third-order valence-electron chi connectivity index (χ3n) is 7.14. The second kappa shape index (κ2) is 30.2. The Morgan fingerprint density at radius 3 is 1.00 bits per heavy atom. The molecule has 0 aromatic carbocycles. The van der Waals surface area contributed by atoms with Gasteiger partial charge in [0, 0.05) is 5.33 Å². The molecule has 0 rings (SSSR count). The highest BCUT2D eigenvalue weighted by atomic mass is 79.9. The molecule has 0 aromatic heterocycles. The van der Waals surface area contributed by atoms with Gasteiger partial charge in [0.1, 0.15) is 0 Å². The number of hydrogen-bond donors (Lipinski definition) is 0. The smallest absolute Gasteiger partial charge is 0.309 e. The van der Waals surface area contributed by atoms with Crippen molar-refractivity contribution in [2.45, 2.75) is 174 Å². The van der Waals surface area contributed by atoms with Crippen LogP contribution < -0.4 is 0 Å². The molecule has 0 saturated heterocycles. The molecule has 3 nitrogen and oxygen atoms in total. The van der Waals surface area contributed by atoms with E-state index in [4.69, 9.17) is 9.05 Å². The molecule has 0 aromatic rings. The minimum absolute atomic E-state index is 0.536. The van der Waals surface area contributed by atoms with Gasteiger partial charge >= 0.3 is 7.60 Å². The van der Waals surface area contributed by atoms with Crippen LogP contribution in [-0.4, -0.2) is 24.7 Å². The van der Waals surface area contributed by atoms with Crippen molar-refractivity contribution in [2.75, 3.05) is 24.7 Å². The highest BCUT2D eigenvalue weighted by molar-refractivity contribution is 9.09. The summed E-state index contributed by atoms with van der Waals surface area (Å²) in [6.45, 7) is 5.71. The molecule has 0 aliphatic carbocycles. The third-order valence-corrected chi connectivity index (χ3v) is 9.71. The molecule has 5 heteroatoms. The summed E-state index contributed by atoms with van der Waals surface area (Å²) in [5.74, 6) is 0. The van der Waals surface area contributed by atoms with Crippen LogP contribution in [-0.2, 0) is 13.6 Å². The molecular formula is C31H64BrO3P. The van der Waals surface area contributed by atoms with Crippen LogP contribution in [0.4, 0.5) is 0 Å². The zero-order chi connectivity index (χ0) is 26.4. The predicted octanol–water partition coefficient (Wildman–Crippen LogP) is 12.4. The van der Waals surface area contributed by atoms with Crippen molar-refractivity contribution in [1.29, 1.82) is 0 Å². The van der Waals surface area contributed by atoms with E-state index in [-0.39, 0.29) is 0 Å². The monoisotopic (exact) mass is 594 g/mol. The summed E-state index contributed by atoms with van der Waals surface area (Å²) < 4.78 is 24.8. The second-order valence-electron chi connectivity index (χ2n) is 10.8. The fourth-order valence-corrected chi connectivity index (χ4v) is 7.12. The minimum Gasteiger partial charge on any atom is -0.309 e. The van der Waals surface area contributed by atoms with Crippen LogP contribution in [0.15, 0.2) is 0 Å². The summed E-state index contributed by atoms with van der Waals surface area (Å²) in [6.07, 6.45) is 33.2. The van der Waals surface area contributed by atoms with Crippen LogP contribution in [0.2, 0.25) is 0 Å². The van der Waals surface area contributed by atoms with Gasteiger partial charge in [-0.15, -0.1) is 0 Å². The van der Waals surface area contributed by atoms with Crippen LogP contribution in [0.25, 0.3) is 0 Å². The molecule has 218 valence electrons. The Morgan fingerprint density at radius 2 is 0.722 bits per heavy atom. The molecule has 0 spiro atoms. The molecule has 0 N–H and O–H groups in total. The number of hydrogen-bond acceptors (Lipinski definition) is 3. The number of rotatable bonds is 31.